The van der Waals surface area contributed by atoms with E-state index < -0.39 is 0 Å². The van der Waals surface area contributed by atoms with Gasteiger partial charge in [0, 0.05) is 0 Å². The SMILES string of the molecule is C[C-]=C(C)/C(CNc1ccc(SCC2(CONO)CCCC2)cc1)=C(/C)[C](C)=[W]. The fourth-order valence-electron chi connectivity index (χ4n) is 3.65. The first-order chi connectivity index (χ1) is 13.9. The zero-order valence-corrected chi connectivity index (χ0v) is 21.7. The van der Waals surface area contributed by atoms with Gasteiger partial charge in [-0.05, 0) is 12.8 Å². The predicted octanol–water partition coefficient (Wildman–Crippen LogP) is 5.49. The van der Waals surface area contributed by atoms with Crippen molar-refractivity contribution in [3.63, 3.8) is 0 Å². The van der Waals surface area contributed by atoms with Crippen molar-refractivity contribution in [1.82, 2.24) is 5.64 Å². The van der Waals surface area contributed by atoms with Crippen LogP contribution in [0.4, 0.5) is 5.69 Å². The van der Waals surface area contributed by atoms with Crippen molar-refractivity contribution in [2.45, 2.75) is 58.3 Å². The van der Waals surface area contributed by atoms with Gasteiger partial charge in [0.25, 0.3) is 0 Å². The first kappa shape index (κ1) is 24.6. The van der Waals surface area contributed by atoms with E-state index in [1.807, 2.05) is 24.3 Å². The van der Waals surface area contributed by atoms with E-state index in [0.717, 1.165) is 30.8 Å². The fraction of sp³-hybridized carbons (Fsp3) is 0.522. The standard InChI is InChI=1S/C23H33N2O2S.W/c1-5-18(3)22(19(4)6-2)15-24-20-9-11-21(12-10-20)28-17-23(16-27-25-26)13-7-8-14-23;/h9-12,24-26H,7-8,13-17H2,1-4H3;/q-1;/b22-18-;. The second-order valence-electron chi connectivity index (χ2n) is 7.79. The third-order valence-electron chi connectivity index (χ3n) is 5.78. The fourth-order valence-corrected chi connectivity index (χ4v) is 5.26. The Morgan fingerprint density at radius 2 is 1.86 bits per heavy atom. The van der Waals surface area contributed by atoms with Gasteiger partial charge >= 0.3 is 143 Å². The van der Waals surface area contributed by atoms with Gasteiger partial charge in [-0.1, -0.05) is 18.5 Å². The Morgan fingerprint density at radius 3 is 2.41 bits per heavy atom. The molecule has 0 bridgehead atoms. The summed E-state index contributed by atoms with van der Waals surface area (Å²) < 4.78 is 1.42. The molecule has 2 rings (SSSR count). The molecule has 0 amide bonds. The third-order valence-corrected chi connectivity index (χ3v) is 8.25. The van der Waals surface area contributed by atoms with Crippen LogP contribution >= 0.6 is 11.8 Å². The van der Waals surface area contributed by atoms with Crippen molar-refractivity contribution < 1.29 is 29.4 Å². The van der Waals surface area contributed by atoms with Gasteiger partial charge in [0.15, 0.2) is 0 Å². The van der Waals surface area contributed by atoms with Crippen molar-refractivity contribution in [3.05, 3.63) is 47.1 Å². The molecule has 1 aromatic rings. The summed E-state index contributed by atoms with van der Waals surface area (Å²) in [4.78, 5) is 6.39. The molecule has 0 aliphatic heterocycles. The molecule has 3 N–H and O–H groups in total. The molecule has 0 spiro atoms. The van der Waals surface area contributed by atoms with Crippen LogP contribution < -0.4 is 11.0 Å². The van der Waals surface area contributed by atoms with Crippen LogP contribution in [-0.4, -0.2) is 28.0 Å². The van der Waals surface area contributed by atoms with Crippen LogP contribution in [0.25, 0.3) is 0 Å². The van der Waals surface area contributed by atoms with Gasteiger partial charge in [0.1, 0.15) is 0 Å². The average molecular weight is 585 g/mol. The summed E-state index contributed by atoms with van der Waals surface area (Å²) in [5, 5.41) is 12.3. The Morgan fingerprint density at radius 1 is 1.21 bits per heavy atom. The molecule has 0 atom stereocenters. The van der Waals surface area contributed by atoms with Gasteiger partial charge < -0.3 is 0 Å². The Kier molecular flexibility index (Phi) is 10.3. The Balaban J connectivity index is 1.96. The van der Waals surface area contributed by atoms with E-state index in [1.54, 1.807) is 0 Å². The maximum atomic E-state index is 8.77. The molecule has 160 valence electrons. The van der Waals surface area contributed by atoms with Crippen LogP contribution in [0.3, 0.4) is 0 Å². The third kappa shape index (κ3) is 7.48. The number of hydrogen-bond acceptors (Lipinski definition) is 5. The number of thioether (sulfide) groups is 1. The maximum absolute atomic E-state index is 8.77. The van der Waals surface area contributed by atoms with E-state index in [0.29, 0.717) is 6.61 Å². The van der Waals surface area contributed by atoms with Crippen molar-refractivity contribution in [2.24, 2.45) is 5.41 Å². The summed E-state index contributed by atoms with van der Waals surface area (Å²) in [5.41, 5.74) is 7.05. The molecule has 4 nitrogen and oxygen atoms in total. The van der Waals surface area contributed by atoms with Crippen LogP contribution in [0.5, 0.6) is 0 Å². The van der Waals surface area contributed by atoms with Crippen LogP contribution in [0.15, 0.2) is 45.9 Å². The van der Waals surface area contributed by atoms with Crippen LogP contribution in [-0.2, 0) is 24.2 Å². The van der Waals surface area contributed by atoms with E-state index in [2.05, 4.69) is 56.4 Å². The normalized spacial score (nSPS) is 17.2. The van der Waals surface area contributed by atoms with Crippen molar-refractivity contribution >= 4 is 21.3 Å². The molecule has 1 aliphatic rings. The molecule has 6 heteroatoms. The Hall–Kier alpha value is -0.712. The zero-order chi connectivity index (χ0) is 21.3. The molecule has 0 aromatic heterocycles. The minimum absolute atomic E-state index is 0.158. The van der Waals surface area contributed by atoms with E-state index in [9.17, 15) is 0 Å². The summed E-state index contributed by atoms with van der Waals surface area (Å²) in [7, 11) is 0. The number of nitrogens with one attached hydrogen (secondary N) is 2. The van der Waals surface area contributed by atoms with E-state index in [4.69, 9.17) is 10.0 Å². The zero-order valence-electron chi connectivity index (χ0n) is 17.9. The minimum atomic E-state index is 0.158. The quantitative estimate of drug-likeness (QED) is 0.139. The molecule has 0 unspecified atom stereocenters. The van der Waals surface area contributed by atoms with Crippen LogP contribution in [0.1, 0.15) is 53.4 Å². The van der Waals surface area contributed by atoms with Crippen LogP contribution in [0.2, 0.25) is 0 Å². The summed E-state index contributed by atoms with van der Waals surface area (Å²) in [6.07, 6.45) is 8.09. The van der Waals surface area contributed by atoms with Gasteiger partial charge in [-0.2, -0.15) is 0 Å². The predicted molar refractivity (Wildman–Crippen MR) is 119 cm³/mol. The molecule has 29 heavy (non-hydrogen) atoms. The molecule has 1 aromatic carbocycles. The summed E-state index contributed by atoms with van der Waals surface area (Å²) in [5.74, 6) is 1.01. The van der Waals surface area contributed by atoms with Crippen molar-refractivity contribution in [3.8, 4) is 0 Å². The van der Waals surface area contributed by atoms with Gasteiger partial charge in [0.2, 0.25) is 0 Å². The van der Waals surface area contributed by atoms with Crippen molar-refractivity contribution in [2.75, 3.05) is 24.2 Å². The molecular formula is C23H33N2O2SW-. The first-order valence-corrected chi connectivity index (χ1v) is 12.6. The molecular weight excluding hydrogens is 552 g/mol. The summed E-state index contributed by atoms with van der Waals surface area (Å²) >= 11 is 3.39. The number of anilines is 1. The molecule has 1 fully saturated rings. The van der Waals surface area contributed by atoms with E-state index in [-0.39, 0.29) is 5.41 Å². The topological polar surface area (TPSA) is 53.5 Å². The monoisotopic (exact) mass is 585 g/mol. The molecule has 0 heterocycles. The number of benzene rings is 1. The van der Waals surface area contributed by atoms with Crippen molar-refractivity contribution in [1.29, 1.82) is 0 Å². The van der Waals surface area contributed by atoms with Gasteiger partial charge in [0.05, 0.1) is 6.61 Å². The van der Waals surface area contributed by atoms with Gasteiger partial charge in [-0.3, -0.25) is 10.0 Å². The van der Waals surface area contributed by atoms with E-state index >= 15 is 0 Å². The van der Waals surface area contributed by atoms with E-state index in [1.165, 1.54) is 57.7 Å². The summed E-state index contributed by atoms with van der Waals surface area (Å²) in [6.45, 7) is 9.87. The molecule has 0 radical (unpaired) electrons. The molecule has 0 saturated heterocycles. The Labute approximate surface area is 190 Å². The number of rotatable bonds is 11. The Bertz CT molecular complexity index is 738. The average Bonchev–Trinajstić information content (AvgIpc) is 3.20. The second kappa shape index (κ2) is 12.2. The summed E-state index contributed by atoms with van der Waals surface area (Å²) in [6, 6.07) is 8.69. The van der Waals surface area contributed by atoms with Gasteiger partial charge in [-0.25, -0.2) is 0 Å². The second-order valence-corrected chi connectivity index (χ2v) is 11.0. The molecule has 1 aliphatic carbocycles. The molecule has 1 saturated carbocycles. The number of hydrogen-bond donors (Lipinski definition) is 3. The van der Waals surface area contributed by atoms with Crippen LogP contribution in [0, 0.1) is 11.5 Å². The first-order valence-electron chi connectivity index (χ1n) is 10.1. The van der Waals surface area contributed by atoms with Gasteiger partial charge in [-0.15, -0.1) is 0 Å². The number of allylic oxidation sites excluding steroid dienone is 2.